The second kappa shape index (κ2) is 8.80. The highest BCUT2D eigenvalue weighted by Gasteiger charge is 2.23. The molecule has 1 saturated heterocycles. The van der Waals surface area contributed by atoms with Gasteiger partial charge in [0, 0.05) is 0 Å². The van der Waals surface area contributed by atoms with Gasteiger partial charge in [-0.3, -0.25) is 4.57 Å². The Labute approximate surface area is 176 Å². The first-order valence-corrected chi connectivity index (χ1v) is 10.6. The quantitative estimate of drug-likeness (QED) is 0.634. The Kier molecular flexibility index (Phi) is 5.97. The summed E-state index contributed by atoms with van der Waals surface area (Å²) in [4.78, 5) is 3.90. The Morgan fingerprint density at radius 3 is 2.45 bits per heavy atom. The summed E-state index contributed by atoms with van der Waals surface area (Å²) in [5, 5.41) is 4.56. The zero-order chi connectivity index (χ0) is 20.2. The minimum atomic E-state index is 0.685. The summed E-state index contributed by atoms with van der Waals surface area (Å²) in [5.41, 5.74) is 3.47. The summed E-state index contributed by atoms with van der Waals surface area (Å²) < 4.78 is 10.5. The first kappa shape index (κ1) is 19.7. The van der Waals surface area contributed by atoms with Gasteiger partial charge in [-0.2, -0.15) is 9.78 Å². The van der Waals surface area contributed by atoms with Gasteiger partial charge in [0.05, 0.1) is 44.2 Å². The summed E-state index contributed by atoms with van der Waals surface area (Å²) in [6, 6.07) is 16.6. The summed E-state index contributed by atoms with van der Waals surface area (Å²) in [5.74, 6) is 0.970. The normalized spacial score (nSPS) is 14.9. The number of ether oxygens (including phenoxy) is 1. The second-order valence-electron chi connectivity index (χ2n) is 7.37. The van der Waals surface area contributed by atoms with Gasteiger partial charge in [-0.15, -0.1) is 0 Å². The molecule has 29 heavy (non-hydrogen) atoms. The summed E-state index contributed by atoms with van der Waals surface area (Å²) >= 11 is 5.70. The van der Waals surface area contributed by atoms with Crippen LogP contribution in [0.3, 0.4) is 0 Å². The van der Waals surface area contributed by atoms with Gasteiger partial charge < -0.3 is 14.5 Å². The van der Waals surface area contributed by atoms with Crippen molar-refractivity contribution in [2.75, 3.05) is 37.7 Å². The van der Waals surface area contributed by atoms with Crippen molar-refractivity contribution < 1.29 is 9.64 Å². The van der Waals surface area contributed by atoms with E-state index >= 15 is 0 Å². The average molecular weight is 411 g/mol. The maximum absolute atomic E-state index is 5.80. The van der Waals surface area contributed by atoms with Crippen LogP contribution in [0.4, 0.5) is 5.69 Å². The molecule has 0 bridgehead atoms. The van der Waals surface area contributed by atoms with Crippen molar-refractivity contribution in [2.45, 2.75) is 20.5 Å². The molecule has 0 unspecified atom stereocenters. The molecule has 0 radical (unpaired) electrons. The molecule has 1 aromatic heterocycles. The molecule has 152 valence electrons. The summed E-state index contributed by atoms with van der Waals surface area (Å²) in [7, 11) is 0. The minimum Gasteiger partial charge on any atom is -0.492 e. The lowest BCUT2D eigenvalue weighted by Gasteiger charge is -2.34. The highest BCUT2D eigenvalue weighted by atomic mass is 32.1. The van der Waals surface area contributed by atoms with Crippen LogP contribution in [0.25, 0.3) is 5.69 Å². The summed E-state index contributed by atoms with van der Waals surface area (Å²) in [6.07, 6.45) is 1.83. The number of para-hydroxylation sites is 3. The molecular formula is C22H28N5OS+. The number of hydrogen-bond acceptors (Lipinski definition) is 4. The molecule has 0 spiro atoms. The Morgan fingerprint density at radius 2 is 1.72 bits per heavy atom. The van der Waals surface area contributed by atoms with Crippen molar-refractivity contribution >= 4 is 17.9 Å². The van der Waals surface area contributed by atoms with E-state index in [-0.39, 0.29) is 0 Å². The Morgan fingerprint density at radius 1 is 1.03 bits per heavy atom. The molecule has 6 nitrogen and oxygen atoms in total. The van der Waals surface area contributed by atoms with Crippen LogP contribution >= 0.6 is 12.2 Å². The molecule has 0 atom stereocenters. The van der Waals surface area contributed by atoms with E-state index in [4.69, 9.17) is 17.0 Å². The number of aromatic nitrogens is 3. The molecule has 1 aliphatic rings. The number of rotatable bonds is 6. The predicted octanol–water partition coefficient (Wildman–Crippen LogP) is 2.47. The van der Waals surface area contributed by atoms with Gasteiger partial charge in [-0.05, 0) is 49.8 Å². The fraction of sp³-hybridized carbons (Fsp3) is 0.364. The van der Waals surface area contributed by atoms with E-state index in [1.54, 1.807) is 0 Å². The predicted molar refractivity (Wildman–Crippen MR) is 118 cm³/mol. The molecule has 0 aliphatic carbocycles. The number of benzene rings is 2. The van der Waals surface area contributed by atoms with Crippen LogP contribution in [0, 0.1) is 11.7 Å². The number of quaternary nitrogens is 1. The molecule has 0 saturated carbocycles. The molecule has 7 heteroatoms. The number of hydrogen-bond donors (Lipinski definition) is 1. The third kappa shape index (κ3) is 4.21. The second-order valence-corrected chi connectivity index (χ2v) is 7.73. The lowest BCUT2D eigenvalue weighted by Crippen LogP contribution is -3.14. The molecular weight excluding hydrogens is 382 g/mol. The van der Waals surface area contributed by atoms with E-state index in [9.17, 15) is 0 Å². The monoisotopic (exact) mass is 410 g/mol. The third-order valence-corrected chi connectivity index (χ3v) is 5.87. The number of nitrogens with one attached hydrogen (secondary N) is 1. The Balaban J connectivity index is 1.42. The molecule has 4 rings (SSSR count). The van der Waals surface area contributed by atoms with Gasteiger partial charge in [-0.1, -0.05) is 30.3 Å². The first-order chi connectivity index (χ1) is 14.2. The highest BCUT2D eigenvalue weighted by Crippen LogP contribution is 2.27. The zero-order valence-electron chi connectivity index (χ0n) is 17.0. The molecule has 2 heterocycles. The highest BCUT2D eigenvalue weighted by molar-refractivity contribution is 7.71. The van der Waals surface area contributed by atoms with E-state index in [1.807, 2.05) is 40.7 Å². The Hall–Kier alpha value is -2.64. The van der Waals surface area contributed by atoms with E-state index in [0.29, 0.717) is 6.61 Å². The molecule has 1 aliphatic heterocycles. The van der Waals surface area contributed by atoms with Crippen LogP contribution < -0.4 is 14.5 Å². The van der Waals surface area contributed by atoms with Crippen LogP contribution in [-0.4, -0.2) is 47.1 Å². The third-order valence-electron chi connectivity index (χ3n) is 5.46. The van der Waals surface area contributed by atoms with Gasteiger partial charge in [0.15, 0.2) is 6.67 Å². The first-order valence-electron chi connectivity index (χ1n) is 10.2. The van der Waals surface area contributed by atoms with E-state index in [2.05, 4.69) is 47.3 Å². The van der Waals surface area contributed by atoms with Gasteiger partial charge >= 0.3 is 0 Å². The fourth-order valence-corrected chi connectivity index (χ4v) is 4.13. The van der Waals surface area contributed by atoms with Gasteiger partial charge in [0.25, 0.3) is 0 Å². The number of aryl methyl sites for hydroxylation is 1. The lowest BCUT2D eigenvalue weighted by molar-refractivity contribution is -0.924. The van der Waals surface area contributed by atoms with E-state index < -0.39 is 0 Å². The van der Waals surface area contributed by atoms with Gasteiger partial charge in [-0.25, -0.2) is 0 Å². The molecule has 1 N–H and O–H groups in total. The van der Waals surface area contributed by atoms with Crippen molar-refractivity contribution in [2.24, 2.45) is 0 Å². The molecule has 3 aromatic rings. The molecule has 1 fully saturated rings. The maximum Gasteiger partial charge on any atom is 0.207 e. The molecule has 2 aromatic carbocycles. The minimum absolute atomic E-state index is 0.685. The zero-order valence-corrected chi connectivity index (χ0v) is 17.9. The van der Waals surface area contributed by atoms with Crippen molar-refractivity contribution in [3.63, 3.8) is 0 Å². The number of nitrogens with zero attached hydrogens (tertiary/aromatic N) is 4. The van der Waals surface area contributed by atoms with Crippen LogP contribution in [0.5, 0.6) is 5.75 Å². The Bertz CT molecular complexity index is 1020. The van der Waals surface area contributed by atoms with E-state index in [1.165, 1.54) is 16.2 Å². The van der Waals surface area contributed by atoms with Crippen molar-refractivity contribution in [1.29, 1.82) is 0 Å². The lowest BCUT2D eigenvalue weighted by atomic mass is 10.2. The fourth-order valence-electron chi connectivity index (χ4n) is 3.87. The van der Waals surface area contributed by atoms with Crippen molar-refractivity contribution in [1.82, 2.24) is 14.3 Å². The van der Waals surface area contributed by atoms with Crippen LogP contribution in [0.1, 0.15) is 12.5 Å². The number of piperazine rings is 1. The van der Waals surface area contributed by atoms with Crippen LogP contribution in [-0.2, 0) is 6.67 Å². The molecule has 0 amide bonds. The van der Waals surface area contributed by atoms with Crippen molar-refractivity contribution in [3.05, 3.63) is 65.2 Å². The maximum atomic E-state index is 5.80. The van der Waals surface area contributed by atoms with E-state index in [0.717, 1.165) is 49.1 Å². The summed E-state index contributed by atoms with van der Waals surface area (Å²) in [6.45, 7) is 9.66. The topological polar surface area (TPSA) is 39.7 Å². The van der Waals surface area contributed by atoms with Crippen molar-refractivity contribution in [3.8, 4) is 11.4 Å². The van der Waals surface area contributed by atoms with Crippen LogP contribution in [0.2, 0.25) is 0 Å². The largest absolute Gasteiger partial charge is 0.492 e. The van der Waals surface area contributed by atoms with Gasteiger partial charge in [0.2, 0.25) is 4.77 Å². The SMILES string of the molecule is CCOc1ccccc1N1CC[NH+](Cn2ncn(-c3ccccc3C)c2=S)CC1. The average Bonchev–Trinajstić information content (AvgIpc) is 3.10. The standard InChI is InChI=1S/C22H27N5OS/c1-3-28-21-11-7-6-10-20(21)25-14-12-24(13-15-25)17-27-22(29)26(16-23-27)19-9-5-4-8-18(19)2/h4-11,16H,3,12-15,17H2,1-2H3/p+1. The van der Waals surface area contributed by atoms with Crippen LogP contribution in [0.15, 0.2) is 54.9 Å². The smallest absolute Gasteiger partial charge is 0.207 e. The van der Waals surface area contributed by atoms with Gasteiger partial charge in [0.1, 0.15) is 12.1 Å². The number of anilines is 1.